The van der Waals surface area contributed by atoms with Crippen molar-refractivity contribution in [3.63, 3.8) is 0 Å². The Morgan fingerprint density at radius 2 is 0.656 bits per heavy atom. The van der Waals surface area contributed by atoms with Crippen LogP contribution >= 0.6 is 0 Å². The molecule has 5 heteroatoms. The molecular weight excluding hydrogens is 789 g/mol. The van der Waals surface area contributed by atoms with Crippen LogP contribution in [-0.4, -0.2) is 37.9 Å². The van der Waals surface area contributed by atoms with Gasteiger partial charge in [0.25, 0.3) is 0 Å². The number of hydrogen-bond donors (Lipinski definition) is 0. The van der Waals surface area contributed by atoms with Gasteiger partial charge in [-0.25, -0.2) is 0 Å². The number of carbonyl (C=O) groups excluding carboxylic acids is 2. The third kappa shape index (κ3) is 52.5. The molecule has 0 aliphatic rings. The summed E-state index contributed by atoms with van der Waals surface area (Å²) in [5.74, 6) is -0.418. The summed E-state index contributed by atoms with van der Waals surface area (Å²) < 4.78 is 17.4. The predicted octanol–water partition coefficient (Wildman–Crippen LogP) is 19.1. The SMILES string of the molecule is CCCCC/C=C\C/C=C\C/C=C\CCCCCCC(=O)O[C@H](COCCCCCCCCCCCCCCCCCC)COC(=O)CCCCCCC/C=C\CCCCCCCC. The molecule has 0 aromatic rings. The van der Waals surface area contributed by atoms with Gasteiger partial charge in [-0.3, -0.25) is 9.59 Å². The fraction of sp³-hybridized carbons (Fsp3) is 0.831. The Bertz CT molecular complexity index is 1060. The number of rotatable bonds is 52. The monoisotopic (exact) mass is 897 g/mol. The average Bonchev–Trinajstić information content (AvgIpc) is 3.30. The molecule has 0 heterocycles. The van der Waals surface area contributed by atoms with Gasteiger partial charge in [0.15, 0.2) is 6.10 Å². The number of allylic oxidation sites excluding steroid dienone is 8. The molecule has 5 nitrogen and oxygen atoms in total. The highest BCUT2D eigenvalue weighted by molar-refractivity contribution is 5.70. The van der Waals surface area contributed by atoms with E-state index in [1.165, 1.54) is 173 Å². The first-order valence-electron chi connectivity index (χ1n) is 28.2. The first kappa shape index (κ1) is 61.9. The van der Waals surface area contributed by atoms with E-state index in [0.29, 0.717) is 19.4 Å². The van der Waals surface area contributed by atoms with Crippen molar-refractivity contribution in [3.05, 3.63) is 48.6 Å². The van der Waals surface area contributed by atoms with Crippen molar-refractivity contribution in [2.75, 3.05) is 19.8 Å². The minimum atomic E-state index is -0.548. The van der Waals surface area contributed by atoms with Crippen LogP contribution in [0, 0.1) is 0 Å². The van der Waals surface area contributed by atoms with Crippen LogP contribution in [0.15, 0.2) is 48.6 Å². The van der Waals surface area contributed by atoms with Crippen LogP contribution in [0.4, 0.5) is 0 Å². The van der Waals surface area contributed by atoms with Crippen molar-refractivity contribution in [2.24, 2.45) is 0 Å². The van der Waals surface area contributed by atoms with Crippen LogP contribution in [0.2, 0.25) is 0 Å². The molecule has 0 spiro atoms. The van der Waals surface area contributed by atoms with Crippen molar-refractivity contribution in [1.82, 2.24) is 0 Å². The van der Waals surface area contributed by atoms with Crippen LogP contribution in [0.25, 0.3) is 0 Å². The lowest BCUT2D eigenvalue weighted by Crippen LogP contribution is -2.30. The molecule has 1 atom stereocenters. The Kier molecular flexibility index (Phi) is 53.3. The quantitative estimate of drug-likeness (QED) is 0.0346. The van der Waals surface area contributed by atoms with Crippen molar-refractivity contribution in [2.45, 2.75) is 297 Å². The molecule has 64 heavy (non-hydrogen) atoms. The third-order valence-corrected chi connectivity index (χ3v) is 12.3. The normalized spacial score (nSPS) is 12.5. The van der Waals surface area contributed by atoms with Crippen LogP contribution in [-0.2, 0) is 23.8 Å². The summed E-state index contributed by atoms with van der Waals surface area (Å²) in [6.07, 6.45) is 68.4. The number of ether oxygens (including phenoxy) is 3. The average molecular weight is 898 g/mol. The first-order chi connectivity index (χ1) is 31.6. The lowest BCUT2D eigenvalue weighted by molar-refractivity contribution is -0.163. The van der Waals surface area contributed by atoms with Crippen molar-refractivity contribution >= 4 is 11.9 Å². The summed E-state index contributed by atoms with van der Waals surface area (Å²) in [6.45, 7) is 7.81. The fourth-order valence-corrected chi connectivity index (χ4v) is 8.10. The molecule has 0 amide bonds. The Morgan fingerprint density at radius 3 is 1.09 bits per heavy atom. The number of esters is 2. The highest BCUT2D eigenvalue weighted by Gasteiger charge is 2.17. The van der Waals surface area contributed by atoms with Crippen molar-refractivity contribution < 1.29 is 23.8 Å². The predicted molar refractivity (Wildman–Crippen MR) is 279 cm³/mol. The van der Waals surface area contributed by atoms with Crippen LogP contribution < -0.4 is 0 Å². The smallest absolute Gasteiger partial charge is 0.306 e. The van der Waals surface area contributed by atoms with Gasteiger partial charge in [-0.1, -0.05) is 243 Å². The summed E-state index contributed by atoms with van der Waals surface area (Å²) in [6, 6.07) is 0. The van der Waals surface area contributed by atoms with Gasteiger partial charge in [-0.2, -0.15) is 0 Å². The molecule has 0 bridgehead atoms. The molecule has 0 unspecified atom stereocenters. The summed E-state index contributed by atoms with van der Waals surface area (Å²) in [5, 5.41) is 0. The van der Waals surface area contributed by atoms with E-state index in [1.54, 1.807) is 0 Å². The van der Waals surface area contributed by atoms with Crippen molar-refractivity contribution in [1.29, 1.82) is 0 Å². The van der Waals surface area contributed by atoms with Gasteiger partial charge >= 0.3 is 11.9 Å². The summed E-state index contributed by atoms with van der Waals surface area (Å²) in [4.78, 5) is 25.5. The molecule has 374 valence electrons. The summed E-state index contributed by atoms with van der Waals surface area (Å²) >= 11 is 0. The molecule has 0 N–H and O–H groups in total. The lowest BCUT2D eigenvalue weighted by Gasteiger charge is -2.18. The zero-order valence-corrected chi connectivity index (χ0v) is 43.1. The Balaban J connectivity index is 4.30. The van der Waals surface area contributed by atoms with Crippen LogP contribution in [0.3, 0.4) is 0 Å². The zero-order chi connectivity index (χ0) is 46.3. The van der Waals surface area contributed by atoms with Crippen molar-refractivity contribution in [3.8, 4) is 0 Å². The maximum Gasteiger partial charge on any atom is 0.306 e. The zero-order valence-electron chi connectivity index (χ0n) is 43.1. The Morgan fingerprint density at radius 1 is 0.344 bits per heavy atom. The Labute approximate surface area is 399 Å². The maximum absolute atomic E-state index is 12.8. The van der Waals surface area contributed by atoms with Crippen LogP contribution in [0.1, 0.15) is 290 Å². The van der Waals surface area contributed by atoms with E-state index in [-0.39, 0.29) is 25.2 Å². The summed E-state index contributed by atoms with van der Waals surface area (Å²) in [7, 11) is 0. The highest BCUT2D eigenvalue weighted by Crippen LogP contribution is 2.15. The second kappa shape index (κ2) is 55.2. The van der Waals surface area contributed by atoms with E-state index in [1.807, 2.05) is 0 Å². The van der Waals surface area contributed by atoms with Gasteiger partial charge in [-0.15, -0.1) is 0 Å². The van der Waals surface area contributed by atoms with Crippen LogP contribution in [0.5, 0.6) is 0 Å². The molecular formula is C59H108O5. The first-order valence-corrected chi connectivity index (χ1v) is 28.2. The number of hydrogen-bond acceptors (Lipinski definition) is 5. The van der Waals surface area contributed by atoms with Gasteiger partial charge in [-0.05, 0) is 83.5 Å². The van der Waals surface area contributed by atoms with Gasteiger partial charge in [0.2, 0.25) is 0 Å². The topological polar surface area (TPSA) is 61.8 Å². The minimum absolute atomic E-state index is 0.0753. The molecule has 0 aromatic heterocycles. The van der Waals surface area contributed by atoms with Gasteiger partial charge in [0, 0.05) is 19.4 Å². The Hall–Kier alpha value is -2.14. The molecule has 0 fully saturated rings. The van der Waals surface area contributed by atoms with E-state index in [9.17, 15) is 9.59 Å². The van der Waals surface area contributed by atoms with E-state index >= 15 is 0 Å². The molecule has 0 aliphatic carbocycles. The molecule has 0 aromatic carbocycles. The largest absolute Gasteiger partial charge is 0.462 e. The highest BCUT2D eigenvalue weighted by atomic mass is 16.6. The van der Waals surface area contributed by atoms with Gasteiger partial charge in [0.1, 0.15) is 6.61 Å². The molecule has 0 radical (unpaired) electrons. The van der Waals surface area contributed by atoms with E-state index in [0.717, 1.165) is 83.5 Å². The summed E-state index contributed by atoms with van der Waals surface area (Å²) in [5.41, 5.74) is 0. The number of unbranched alkanes of at least 4 members (excludes halogenated alkanes) is 33. The molecule has 0 rings (SSSR count). The molecule has 0 saturated carbocycles. The standard InChI is InChI=1S/C59H108O5/c1-4-7-10-13-16-19-22-25-28-30-32-35-38-41-44-47-50-53-59(61)64-57(55-62-54-51-48-45-42-39-36-33-29-26-23-20-17-14-11-8-5-2)56-63-58(60)52-49-46-43-40-37-34-31-27-24-21-18-15-12-9-6-3/h16,19,25,27-28,31-32,35,57H,4-15,17-18,20-24,26,29-30,33-34,36-56H2,1-3H3/b19-16-,28-25-,31-27-,35-32-/t57-/m1/s1. The van der Waals surface area contributed by atoms with E-state index in [2.05, 4.69) is 69.4 Å². The number of carbonyl (C=O) groups is 2. The van der Waals surface area contributed by atoms with Gasteiger partial charge < -0.3 is 14.2 Å². The second-order valence-electron chi connectivity index (χ2n) is 18.8. The fourth-order valence-electron chi connectivity index (χ4n) is 8.10. The lowest BCUT2D eigenvalue weighted by atomic mass is 10.0. The van der Waals surface area contributed by atoms with E-state index < -0.39 is 6.10 Å². The maximum atomic E-state index is 12.8. The van der Waals surface area contributed by atoms with E-state index in [4.69, 9.17) is 14.2 Å². The minimum Gasteiger partial charge on any atom is -0.462 e. The third-order valence-electron chi connectivity index (χ3n) is 12.3. The molecule has 0 aliphatic heterocycles. The molecule has 0 saturated heterocycles. The van der Waals surface area contributed by atoms with Gasteiger partial charge in [0.05, 0.1) is 6.61 Å². The second-order valence-corrected chi connectivity index (χ2v) is 18.8.